The summed E-state index contributed by atoms with van der Waals surface area (Å²) in [7, 11) is 1.34. The van der Waals surface area contributed by atoms with Crippen molar-refractivity contribution in [2.75, 3.05) is 20.2 Å². The van der Waals surface area contributed by atoms with Gasteiger partial charge in [-0.25, -0.2) is 4.39 Å². The number of fused-ring (bicyclic) bond motifs is 1. The predicted octanol–water partition coefficient (Wildman–Crippen LogP) is 1.51. The molecule has 1 aromatic heterocycles. The number of aromatic amines is 1. The molecule has 0 saturated heterocycles. The van der Waals surface area contributed by atoms with Crippen LogP contribution in [-0.4, -0.2) is 47.7 Å². The number of Topliss-reactive ketones (excluding diaryl/α,β-unsaturated/α-hetero) is 1. The summed E-state index contributed by atoms with van der Waals surface area (Å²) >= 11 is 0. The van der Waals surface area contributed by atoms with Gasteiger partial charge in [0, 0.05) is 24.1 Å². The van der Waals surface area contributed by atoms with Gasteiger partial charge in [-0.3, -0.25) is 14.4 Å². The Morgan fingerprint density at radius 2 is 2.05 bits per heavy atom. The molecular formula is C15H15FN2O4. The standard InChI is InChI=1S/C15H15FN2O4/c1-3-22-13(19)8-18(2)15(21)14(20)11-7-17-12-6-9(16)4-5-10(11)12/h4-7,17H,3,8H2,1-2H3. The highest BCUT2D eigenvalue weighted by atomic mass is 19.1. The van der Waals surface area contributed by atoms with Gasteiger partial charge in [0.25, 0.3) is 11.7 Å². The highest BCUT2D eigenvalue weighted by molar-refractivity contribution is 6.45. The molecule has 0 unspecified atom stereocenters. The third-order valence-electron chi connectivity index (χ3n) is 3.10. The molecule has 0 aliphatic heterocycles. The second kappa shape index (κ2) is 6.38. The van der Waals surface area contributed by atoms with Gasteiger partial charge in [0.05, 0.1) is 12.2 Å². The lowest BCUT2D eigenvalue weighted by molar-refractivity contribution is -0.146. The van der Waals surface area contributed by atoms with Gasteiger partial charge in [0.1, 0.15) is 12.4 Å². The molecule has 1 N–H and O–H groups in total. The molecule has 0 fully saturated rings. The summed E-state index contributed by atoms with van der Waals surface area (Å²) in [6.45, 7) is 1.54. The molecule has 0 radical (unpaired) electrons. The number of halogens is 1. The Balaban J connectivity index is 2.19. The summed E-state index contributed by atoms with van der Waals surface area (Å²) in [6.07, 6.45) is 1.35. The van der Waals surface area contributed by atoms with E-state index in [9.17, 15) is 18.8 Å². The molecular weight excluding hydrogens is 291 g/mol. The zero-order chi connectivity index (χ0) is 16.3. The Labute approximate surface area is 125 Å². The molecule has 1 aromatic carbocycles. The molecule has 2 rings (SSSR count). The molecule has 0 saturated carbocycles. The summed E-state index contributed by atoms with van der Waals surface area (Å²) in [5.74, 6) is -2.64. The van der Waals surface area contributed by atoms with Gasteiger partial charge >= 0.3 is 5.97 Å². The summed E-state index contributed by atoms with van der Waals surface area (Å²) in [6, 6.07) is 3.87. The zero-order valence-electron chi connectivity index (χ0n) is 12.2. The molecule has 116 valence electrons. The lowest BCUT2D eigenvalue weighted by atomic mass is 10.1. The summed E-state index contributed by atoms with van der Waals surface area (Å²) < 4.78 is 17.8. The fourth-order valence-corrected chi connectivity index (χ4v) is 2.05. The summed E-state index contributed by atoms with van der Waals surface area (Å²) in [5.41, 5.74) is 0.555. The van der Waals surface area contributed by atoms with Gasteiger partial charge in [0.15, 0.2) is 0 Å². The number of nitrogens with zero attached hydrogens (tertiary/aromatic N) is 1. The van der Waals surface area contributed by atoms with E-state index in [0.29, 0.717) is 10.9 Å². The van der Waals surface area contributed by atoms with Gasteiger partial charge in [-0.1, -0.05) is 0 Å². The van der Waals surface area contributed by atoms with Crippen LogP contribution < -0.4 is 0 Å². The van der Waals surface area contributed by atoms with Crippen molar-refractivity contribution in [3.05, 3.63) is 35.8 Å². The van der Waals surface area contributed by atoms with Crippen molar-refractivity contribution in [2.45, 2.75) is 6.92 Å². The molecule has 7 heteroatoms. The fourth-order valence-electron chi connectivity index (χ4n) is 2.05. The first-order valence-corrected chi connectivity index (χ1v) is 6.66. The number of hydrogen-bond acceptors (Lipinski definition) is 4. The largest absolute Gasteiger partial charge is 0.465 e. The van der Waals surface area contributed by atoms with E-state index in [0.717, 1.165) is 4.90 Å². The first-order chi connectivity index (χ1) is 10.4. The van der Waals surface area contributed by atoms with Gasteiger partial charge in [-0.15, -0.1) is 0 Å². The molecule has 6 nitrogen and oxygen atoms in total. The number of hydrogen-bond donors (Lipinski definition) is 1. The topological polar surface area (TPSA) is 79.5 Å². The molecule has 2 aromatic rings. The smallest absolute Gasteiger partial charge is 0.325 e. The fraction of sp³-hybridized carbons (Fsp3) is 0.267. The van der Waals surface area contributed by atoms with Crippen molar-refractivity contribution < 1.29 is 23.5 Å². The van der Waals surface area contributed by atoms with Crippen LogP contribution in [0.3, 0.4) is 0 Å². The predicted molar refractivity (Wildman–Crippen MR) is 76.9 cm³/mol. The summed E-state index contributed by atoms with van der Waals surface area (Å²) in [4.78, 5) is 39.4. The minimum atomic E-state index is -0.835. The number of carbonyl (C=O) groups excluding carboxylic acids is 3. The Hall–Kier alpha value is -2.70. The third kappa shape index (κ3) is 3.13. The molecule has 1 heterocycles. The maximum atomic E-state index is 13.1. The molecule has 0 atom stereocenters. The van der Waals surface area contributed by atoms with Gasteiger partial charge in [0.2, 0.25) is 0 Å². The van der Waals surface area contributed by atoms with Crippen LogP contribution in [0.25, 0.3) is 10.9 Å². The van der Waals surface area contributed by atoms with Crippen LogP contribution >= 0.6 is 0 Å². The second-order valence-electron chi connectivity index (χ2n) is 4.69. The minimum Gasteiger partial charge on any atom is -0.465 e. The van der Waals surface area contributed by atoms with Crippen LogP contribution in [0.5, 0.6) is 0 Å². The Morgan fingerprint density at radius 1 is 1.32 bits per heavy atom. The van der Waals surface area contributed by atoms with Gasteiger partial charge < -0.3 is 14.6 Å². The average molecular weight is 306 g/mol. The van der Waals surface area contributed by atoms with E-state index in [1.54, 1.807) is 6.92 Å². The quantitative estimate of drug-likeness (QED) is 0.516. The van der Waals surface area contributed by atoms with Crippen molar-refractivity contribution in [1.29, 1.82) is 0 Å². The van der Waals surface area contributed by atoms with E-state index in [2.05, 4.69) is 4.98 Å². The zero-order valence-corrected chi connectivity index (χ0v) is 12.2. The van der Waals surface area contributed by atoms with Crippen molar-refractivity contribution in [3.8, 4) is 0 Å². The Morgan fingerprint density at radius 3 is 2.73 bits per heavy atom. The van der Waals surface area contributed by atoms with Crippen LogP contribution in [0.2, 0.25) is 0 Å². The number of nitrogens with one attached hydrogen (secondary N) is 1. The third-order valence-corrected chi connectivity index (χ3v) is 3.10. The second-order valence-corrected chi connectivity index (χ2v) is 4.69. The Bertz CT molecular complexity index is 738. The van der Waals surface area contributed by atoms with Crippen molar-refractivity contribution in [3.63, 3.8) is 0 Å². The number of ketones is 1. The molecule has 0 spiro atoms. The highest BCUT2D eigenvalue weighted by Gasteiger charge is 2.24. The first-order valence-electron chi connectivity index (χ1n) is 6.66. The number of carbonyl (C=O) groups is 3. The lowest BCUT2D eigenvalue weighted by Crippen LogP contribution is -2.37. The number of H-pyrrole nitrogens is 1. The first kappa shape index (κ1) is 15.7. The van der Waals surface area contributed by atoms with Crippen LogP contribution in [0.1, 0.15) is 17.3 Å². The number of esters is 1. The van der Waals surface area contributed by atoms with Crippen molar-refractivity contribution in [2.24, 2.45) is 0 Å². The van der Waals surface area contributed by atoms with Crippen molar-refractivity contribution in [1.82, 2.24) is 9.88 Å². The number of aromatic nitrogens is 1. The summed E-state index contributed by atoms with van der Waals surface area (Å²) in [5, 5.41) is 0.448. The van der Waals surface area contributed by atoms with Crippen LogP contribution in [-0.2, 0) is 14.3 Å². The van der Waals surface area contributed by atoms with E-state index < -0.39 is 23.5 Å². The number of rotatable bonds is 5. The van der Waals surface area contributed by atoms with E-state index in [4.69, 9.17) is 4.74 Å². The van der Waals surface area contributed by atoms with Gasteiger partial charge in [-0.2, -0.15) is 0 Å². The van der Waals surface area contributed by atoms with Crippen LogP contribution in [0.4, 0.5) is 4.39 Å². The number of benzene rings is 1. The molecule has 0 aliphatic rings. The maximum absolute atomic E-state index is 13.1. The molecule has 22 heavy (non-hydrogen) atoms. The Kier molecular flexibility index (Phi) is 4.55. The number of amides is 1. The molecule has 0 aliphatic carbocycles. The lowest BCUT2D eigenvalue weighted by Gasteiger charge is -2.14. The van der Waals surface area contributed by atoms with Gasteiger partial charge in [-0.05, 0) is 25.1 Å². The molecule has 0 bridgehead atoms. The SMILES string of the molecule is CCOC(=O)CN(C)C(=O)C(=O)c1c[nH]c2cc(F)ccc12. The normalized spacial score (nSPS) is 10.5. The number of ether oxygens (including phenoxy) is 1. The van der Waals surface area contributed by atoms with E-state index in [-0.39, 0.29) is 18.7 Å². The van der Waals surface area contributed by atoms with Crippen molar-refractivity contribution >= 4 is 28.6 Å². The van der Waals surface area contributed by atoms with Crippen LogP contribution in [0.15, 0.2) is 24.4 Å². The average Bonchev–Trinajstić information content (AvgIpc) is 2.88. The monoisotopic (exact) mass is 306 g/mol. The minimum absolute atomic E-state index is 0.135. The maximum Gasteiger partial charge on any atom is 0.325 e. The molecule has 1 amide bonds. The van der Waals surface area contributed by atoms with E-state index in [1.165, 1.54) is 31.4 Å². The highest BCUT2D eigenvalue weighted by Crippen LogP contribution is 2.20. The van der Waals surface area contributed by atoms with Crippen LogP contribution in [0, 0.1) is 5.82 Å². The van der Waals surface area contributed by atoms with E-state index in [1.807, 2.05) is 0 Å². The number of likely N-dealkylation sites (N-methyl/N-ethyl adjacent to an activating group) is 1. The van der Waals surface area contributed by atoms with E-state index >= 15 is 0 Å².